The lowest BCUT2D eigenvalue weighted by atomic mass is 10.1. The van der Waals surface area contributed by atoms with Crippen LogP contribution < -0.4 is 5.43 Å². The normalized spacial score (nSPS) is 15.8. The molecule has 0 unspecified atom stereocenters. The minimum Gasteiger partial charge on any atom is -0.273 e. The van der Waals surface area contributed by atoms with Gasteiger partial charge >= 0.3 is 0 Å². The summed E-state index contributed by atoms with van der Waals surface area (Å²) in [5.74, 6) is -0.167. The van der Waals surface area contributed by atoms with Gasteiger partial charge in [0.05, 0.1) is 5.54 Å². The average Bonchev–Trinajstić information content (AvgIpc) is 2.98. The molecule has 1 aliphatic rings. The molecule has 0 spiro atoms. The van der Waals surface area contributed by atoms with Crippen molar-refractivity contribution >= 4 is 11.8 Å². The zero-order valence-electron chi connectivity index (χ0n) is 13.1. The number of carbonyl (C=O) groups excluding carboxylic acids is 2. The Kier molecular flexibility index (Phi) is 4.66. The topological polar surface area (TPSA) is 49.4 Å². The molecule has 0 radical (unpaired) electrons. The first-order valence-electron chi connectivity index (χ1n) is 7.59. The highest BCUT2D eigenvalue weighted by atomic mass is 16.2. The Hall–Kier alpha value is -1.84. The first-order chi connectivity index (χ1) is 9.89. The van der Waals surface area contributed by atoms with Gasteiger partial charge < -0.3 is 0 Å². The summed E-state index contributed by atoms with van der Waals surface area (Å²) in [4.78, 5) is 25.0. The number of nitrogens with zero attached hydrogens (tertiary/aromatic N) is 1. The van der Waals surface area contributed by atoms with Crippen molar-refractivity contribution in [3.63, 3.8) is 0 Å². The van der Waals surface area contributed by atoms with E-state index in [-0.39, 0.29) is 17.7 Å². The second kappa shape index (κ2) is 6.29. The molecule has 0 aromatic heterocycles. The predicted octanol–water partition coefficient (Wildman–Crippen LogP) is 3.15. The third-order valence-electron chi connectivity index (χ3n) is 3.84. The van der Waals surface area contributed by atoms with Crippen LogP contribution in [0.3, 0.4) is 0 Å². The van der Waals surface area contributed by atoms with Crippen LogP contribution in [0.25, 0.3) is 0 Å². The van der Waals surface area contributed by atoms with E-state index in [0.717, 1.165) is 25.7 Å². The molecule has 1 N–H and O–H groups in total. The fraction of sp³-hybridized carbons (Fsp3) is 0.529. The van der Waals surface area contributed by atoms with Crippen LogP contribution >= 0.6 is 0 Å². The molecule has 1 saturated carbocycles. The number of carbonyl (C=O) groups is 2. The molecule has 4 heteroatoms. The largest absolute Gasteiger partial charge is 0.273 e. The summed E-state index contributed by atoms with van der Waals surface area (Å²) in [5, 5.41) is 1.46. The lowest BCUT2D eigenvalue weighted by molar-refractivity contribution is -0.130. The van der Waals surface area contributed by atoms with Gasteiger partial charge in [-0.15, -0.1) is 0 Å². The number of hydrogen-bond acceptors (Lipinski definition) is 2. The maximum absolute atomic E-state index is 12.7. The Balaban J connectivity index is 2.15. The SMILES string of the molecule is CC(C)(C)N(NC(=O)C1CCCC1)C(=O)c1ccccc1. The fourth-order valence-corrected chi connectivity index (χ4v) is 2.62. The molecule has 1 aromatic carbocycles. The smallest absolute Gasteiger partial charge is 0.272 e. The van der Waals surface area contributed by atoms with Crippen molar-refractivity contribution in [1.82, 2.24) is 10.4 Å². The summed E-state index contributed by atoms with van der Waals surface area (Å²) < 4.78 is 0. The Morgan fingerprint density at radius 2 is 1.67 bits per heavy atom. The van der Waals surface area contributed by atoms with E-state index in [1.54, 1.807) is 12.1 Å². The minimum atomic E-state index is -0.471. The Labute approximate surface area is 126 Å². The molecule has 0 aliphatic heterocycles. The Bertz CT molecular complexity index is 499. The van der Waals surface area contributed by atoms with Gasteiger partial charge in [0.2, 0.25) is 5.91 Å². The van der Waals surface area contributed by atoms with E-state index in [0.29, 0.717) is 5.56 Å². The maximum Gasteiger partial charge on any atom is 0.272 e. The van der Waals surface area contributed by atoms with E-state index in [1.165, 1.54) is 5.01 Å². The molecule has 4 nitrogen and oxygen atoms in total. The van der Waals surface area contributed by atoms with Crippen molar-refractivity contribution < 1.29 is 9.59 Å². The van der Waals surface area contributed by atoms with Crippen molar-refractivity contribution in [1.29, 1.82) is 0 Å². The van der Waals surface area contributed by atoms with Crippen LogP contribution in [-0.2, 0) is 4.79 Å². The van der Waals surface area contributed by atoms with Gasteiger partial charge in [-0.05, 0) is 45.7 Å². The first kappa shape index (κ1) is 15.5. The molecule has 1 aromatic rings. The average molecular weight is 288 g/mol. The molecule has 2 amide bonds. The van der Waals surface area contributed by atoms with E-state index < -0.39 is 5.54 Å². The van der Waals surface area contributed by atoms with Crippen LogP contribution in [0, 0.1) is 5.92 Å². The summed E-state index contributed by atoms with van der Waals surface area (Å²) in [6, 6.07) is 9.06. The van der Waals surface area contributed by atoms with Gasteiger partial charge in [-0.1, -0.05) is 31.0 Å². The molecule has 0 saturated heterocycles. The maximum atomic E-state index is 12.7. The molecule has 114 valence electrons. The van der Waals surface area contributed by atoms with Crippen LogP contribution in [0.4, 0.5) is 0 Å². The van der Waals surface area contributed by atoms with Crippen molar-refractivity contribution in [3.8, 4) is 0 Å². The summed E-state index contributed by atoms with van der Waals surface area (Å²) in [6.45, 7) is 5.76. The number of amides is 2. The Morgan fingerprint density at radius 1 is 1.10 bits per heavy atom. The van der Waals surface area contributed by atoms with Gasteiger partial charge in [0.15, 0.2) is 0 Å². The van der Waals surface area contributed by atoms with Crippen LogP contribution in [0.15, 0.2) is 30.3 Å². The van der Waals surface area contributed by atoms with Gasteiger partial charge in [0.1, 0.15) is 0 Å². The summed E-state index contributed by atoms with van der Waals surface area (Å²) >= 11 is 0. The number of hydrazine groups is 1. The van der Waals surface area contributed by atoms with Crippen molar-refractivity contribution in [2.24, 2.45) is 5.92 Å². The van der Waals surface area contributed by atoms with E-state index in [4.69, 9.17) is 0 Å². The van der Waals surface area contributed by atoms with E-state index in [1.807, 2.05) is 39.0 Å². The number of rotatable bonds is 2. The molecule has 1 fully saturated rings. The van der Waals surface area contributed by atoms with Gasteiger partial charge in [-0.25, -0.2) is 5.01 Å². The molecule has 21 heavy (non-hydrogen) atoms. The molecular formula is C17H24N2O2. The number of nitrogens with one attached hydrogen (secondary N) is 1. The lowest BCUT2D eigenvalue weighted by Crippen LogP contribution is -2.56. The standard InChI is InChI=1S/C17H24N2O2/c1-17(2,3)19(16(21)14-11-5-4-6-12-14)18-15(20)13-9-7-8-10-13/h4-6,11-13H,7-10H2,1-3H3,(H,18,20). The highest BCUT2D eigenvalue weighted by molar-refractivity contribution is 5.96. The van der Waals surface area contributed by atoms with Crippen LogP contribution in [0.2, 0.25) is 0 Å². The second-order valence-corrected chi connectivity index (χ2v) is 6.63. The third-order valence-corrected chi connectivity index (χ3v) is 3.84. The third kappa shape index (κ3) is 3.84. The van der Waals surface area contributed by atoms with Crippen molar-refractivity contribution in [3.05, 3.63) is 35.9 Å². The van der Waals surface area contributed by atoms with Crippen molar-refractivity contribution in [2.45, 2.75) is 52.0 Å². The van der Waals surface area contributed by atoms with Gasteiger partial charge in [-0.2, -0.15) is 0 Å². The monoisotopic (exact) mass is 288 g/mol. The second-order valence-electron chi connectivity index (χ2n) is 6.63. The van der Waals surface area contributed by atoms with E-state index in [9.17, 15) is 9.59 Å². The minimum absolute atomic E-state index is 0.0355. The van der Waals surface area contributed by atoms with Crippen LogP contribution in [-0.4, -0.2) is 22.4 Å². The number of benzene rings is 1. The highest BCUT2D eigenvalue weighted by Crippen LogP contribution is 2.25. The van der Waals surface area contributed by atoms with Gasteiger partial charge in [0, 0.05) is 11.5 Å². The van der Waals surface area contributed by atoms with E-state index in [2.05, 4.69) is 5.43 Å². The molecule has 2 rings (SSSR count). The molecule has 1 aliphatic carbocycles. The van der Waals surface area contributed by atoms with Crippen LogP contribution in [0.1, 0.15) is 56.8 Å². The van der Waals surface area contributed by atoms with Crippen molar-refractivity contribution in [2.75, 3.05) is 0 Å². The van der Waals surface area contributed by atoms with Gasteiger partial charge in [-0.3, -0.25) is 15.0 Å². The summed E-state index contributed by atoms with van der Waals surface area (Å²) in [5.41, 5.74) is 2.95. The fourth-order valence-electron chi connectivity index (χ4n) is 2.62. The summed E-state index contributed by atoms with van der Waals surface area (Å²) in [6.07, 6.45) is 4.03. The quantitative estimate of drug-likeness (QED) is 0.850. The van der Waals surface area contributed by atoms with Crippen LogP contribution in [0.5, 0.6) is 0 Å². The summed E-state index contributed by atoms with van der Waals surface area (Å²) in [7, 11) is 0. The molecular weight excluding hydrogens is 264 g/mol. The number of hydrogen-bond donors (Lipinski definition) is 1. The molecule has 0 heterocycles. The first-order valence-corrected chi connectivity index (χ1v) is 7.59. The van der Waals surface area contributed by atoms with E-state index >= 15 is 0 Å². The molecule has 0 atom stereocenters. The highest BCUT2D eigenvalue weighted by Gasteiger charge is 2.32. The predicted molar refractivity (Wildman–Crippen MR) is 82.5 cm³/mol. The zero-order chi connectivity index (χ0) is 15.5. The Morgan fingerprint density at radius 3 is 2.19 bits per heavy atom. The van der Waals surface area contributed by atoms with Gasteiger partial charge in [0.25, 0.3) is 5.91 Å². The lowest BCUT2D eigenvalue weighted by Gasteiger charge is -2.36. The zero-order valence-corrected chi connectivity index (χ0v) is 13.1. The molecule has 0 bridgehead atoms.